The lowest BCUT2D eigenvalue weighted by molar-refractivity contribution is -0.115. The number of ether oxygens (including phenoxy) is 2. The molecule has 6 nitrogen and oxygen atoms in total. The number of nitrogens with one attached hydrogen (secondary N) is 1. The molecule has 3 rings (SSSR count). The summed E-state index contributed by atoms with van der Waals surface area (Å²) in [5.41, 5.74) is 2.63. The van der Waals surface area contributed by atoms with Gasteiger partial charge in [0.2, 0.25) is 11.7 Å². The average molecular weight is 395 g/mol. The van der Waals surface area contributed by atoms with E-state index < -0.39 is 5.63 Å². The van der Waals surface area contributed by atoms with E-state index in [1.165, 1.54) is 19.8 Å². The lowest BCUT2D eigenvalue weighted by atomic mass is 10.0. The third-order valence-electron chi connectivity index (χ3n) is 5.00. The van der Waals surface area contributed by atoms with Crippen LogP contribution in [0.4, 0.5) is 5.69 Å². The number of carbonyl (C=O) groups is 1. The molecule has 1 N–H and O–H groups in total. The Morgan fingerprint density at radius 1 is 1.07 bits per heavy atom. The van der Waals surface area contributed by atoms with Crippen molar-refractivity contribution in [1.82, 2.24) is 0 Å². The van der Waals surface area contributed by atoms with Crippen molar-refractivity contribution in [3.05, 3.63) is 63.5 Å². The van der Waals surface area contributed by atoms with Gasteiger partial charge in [-0.3, -0.25) is 4.79 Å². The minimum absolute atomic E-state index is 0.0790. The maximum absolute atomic E-state index is 12.6. The van der Waals surface area contributed by atoms with E-state index >= 15 is 0 Å². The van der Waals surface area contributed by atoms with Crippen molar-refractivity contribution in [3.63, 3.8) is 0 Å². The normalized spacial score (nSPS) is 11.0. The van der Waals surface area contributed by atoms with Gasteiger partial charge < -0.3 is 19.2 Å². The Morgan fingerprint density at radius 3 is 2.34 bits per heavy atom. The summed E-state index contributed by atoms with van der Waals surface area (Å²) in [4.78, 5) is 25.1. The molecule has 0 aliphatic rings. The molecular formula is C23H25NO5. The van der Waals surface area contributed by atoms with E-state index in [0.29, 0.717) is 45.2 Å². The summed E-state index contributed by atoms with van der Waals surface area (Å²) >= 11 is 0. The molecule has 0 fully saturated rings. The Bertz CT molecular complexity index is 1100. The lowest BCUT2D eigenvalue weighted by Crippen LogP contribution is -2.20. The molecule has 3 aromatic rings. The molecule has 152 valence electrons. The number of aryl methyl sites for hydroxylation is 1. The van der Waals surface area contributed by atoms with Crippen LogP contribution in [0, 0.1) is 6.92 Å². The number of amides is 1. The first-order valence-electron chi connectivity index (χ1n) is 9.42. The number of benzene rings is 2. The van der Waals surface area contributed by atoms with Gasteiger partial charge in [-0.1, -0.05) is 26.0 Å². The lowest BCUT2D eigenvalue weighted by Gasteiger charge is -2.13. The van der Waals surface area contributed by atoms with E-state index in [0.717, 1.165) is 0 Å². The highest BCUT2D eigenvalue weighted by Gasteiger charge is 2.19. The Kier molecular flexibility index (Phi) is 5.92. The Balaban J connectivity index is 1.90. The first kappa shape index (κ1) is 20.5. The van der Waals surface area contributed by atoms with Crippen LogP contribution < -0.4 is 20.4 Å². The number of rotatable bonds is 6. The maximum atomic E-state index is 12.6. The van der Waals surface area contributed by atoms with Crippen molar-refractivity contribution in [2.24, 2.45) is 0 Å². The zero-order valence-electron chi connectivity index (χ0n) is 17.3. The predicted molar refractivity (Wildman–Crippen MR) is 113 cm³/mol. The van der Waals surface area contributed by atoms with E-state index in [4.69, 9.17) is 13.9 Å². The quantitative estimate of drug-likeness (QED) is 0.625. The molecule has 0 aliphatic carbocycles. The highest BCUT2D eigenvalue weighted by molar-refractivity contribution is 5.94. The molecule has 0 aliphatic heterocycles. The third-order valence-corrected chi connectivity index (χ3v) is 5.00. The zero-order chi connectivity index (χ0) is 21.1. The molecule has 1 heterocycles. The second-order valence-corrected chi connectivity index (χ2v) is 7.17. The van der Waals surface area contributed by atoms with Gasteiger partial charge in [0.25, 0.3) is 0 Å². The van der Waals surface area contributed by atoms with Crippen molar-refractivity contribution < 1.29 is 18.7 Å². The average Bonchev–Trinajstić information content (AvgIpc) is 2.70. The van der Waals surface area contributed by atoms with Crippen LogP contribution in [0.3, 0.4) is 0 Å². The molecule has 0 atom stereocenters. The second-order valence-electron chi connectivity index (χ2n) is 7.17. The molecule has 0 saturated heterocycles. The van der Waals surface area contributed by atoms with Crippen LogP contribution >= 0.6 is 0 Å². The predicted octanol–water partition coefficient (Wildman–Crippen LogP) is 4.42. The van der Waals surface area contributed by atoms with Gasteiger partial charge in [0.15, 0.2) is 11.3 Å². The SMILES string of the molecule is COc1ccc2c(C)c(CC(=O)Nc3ccc(C(C)C)cc3)c(=O)oc2c1OC. The first-order chi connectivity index (χ1) is 13.8. The van der Waals surface area contributed by atoms with E-state index in [9.17, 15) is 9.59 Å². The standard InChI is InChI=1S/C23H25NO5/c1-13(2)15-6-8-16(9-7-15)24-20(25)12-18-14(3)17-10-11-19(27-4)22(28-5)21(17)29-23(18)26/h6-11,13H,12H2,1-5H3,(H,24,25). The molecule has 0 spiro atoms. The number of hydrogen-bond donors (Lipinski definition) is 1. The van der Waals surface area contributed by atoms with Gasteiger partial charge in [0.05, 0.1) is 26.2 Å². The minimum Gasteiger partial charge on any atom is -0.493 e. The molecule has 1 aromatic heterocycles. The molecule has 0 unspecified atom stereocenters. The Hall–Kier alpha value is -3.28. The number of carbonyl (C=O) groups excluding carboxylic acids is 1. The van der Waals surface area contributed by atoms with Crippen LogP contribution in [0.15, 0.2) is 45.6 Å². The maximum Gasteiger partial charge on any atom is 0.340 e. The van der Waals surface area contributed by atoms with E-state index in [1.807, 2.05) is 24.3 Å². The highest BCUT2D eigenvalue weighted by atomic mass is 16.5. The summed E-state index contributed by atoms with van der Waals surface area (Å²) in [7, 11) is 3.00. The van der Waals surface area contributed by atoms with E-state index in [1.54, 1.807) is 19.1 Å². The smallest absolute Gasteiger partial charge is 0.340 e. The Labute approximate surface area is 169 Å². The Morgan fingerprint density at radius 2 is 1.76 bits per heavy atom. The minimum atomic E-state index is -0.563. The zero-order valence-corrected chi connectivity index (χ0v) is 17.3. The van der Waals surface area contributed by atoms with Gasteiger partial charge in [0.1, 0.15) is 0 Å². The summed E-state index contributed by atoms with van der Waals surface area (Å²) in [5, 5.41) is 3.54. The molecule has 6 heteroatoms. The summed E-state index contributed by atoms with van der Waals surface area (Å²) < 4.78 is 16.1. The van der Waals surface area contributed by atoms with Gasteiger partial charge in [0, 0.05) is 11.1 Å². The van der Waals surface area contributed by atoms with Crippen LogP contribution in [-0.2, 0) is 11.2 Å². The van der Waals surface area contributed by atoms with Crippen LogP contribution in [0.25, 0.3) is 11.0 Å². The first-order valence-corrected chi connectivity index (χ1v) is 9.42. The molecule has 0 saturated carbocycles. The van der Waals surface area contributed by atoms with E-state index in [-0.39, 0.29) is 12.3 Å². The largest absolute Gasteiger partial charge is 0.493 e. The number of hydrogen-bond acceptors (Lipinski definition) is 5. The van der Waals surface area contributed by atoms with Crippen LogP contribution in [0.2, 0.25) is 0 Å². The van der Waals surface area contributed by atoms with Crippen molar-refractivity contribution in [1.29, 1.82) is 0 Å². The van der Waals surface area contributed by atoms with Crippen molar-refractivity contribution in [3.8, 4) is 11.5 Å². The van der Waals surface area contributed by atoms with Crippen molar-refractivity contribution in [2.75, 3.05) is 19.5 Å². The fourth-order valence-corrected chi connectivity index (χ4v) is 3.29. The fraction of sp³-hybridized carbons (Fsp3) is 0.304. The number of fused-ring (bicyclic) bond motifs is 1. The van der Waals surface area contributed by atoms with Crippen LogP contribution in [0.1, 0.15) is 36.5 Å². The van der Waals surface area contributed by atoms with Crippen molar-refractivity contribution in [2.45, 2.75) is 33.1 Å². The number of anilines is 1. The third kappa shape index (κ3) is 4.11. The van der Waals surface area contributed by atoms with E-state index in [2.05, 4.69) is 19.2 Å². The van der Waals surface area contributed by atoms with Gasteiger partial charge in [-0.2, -0.15) is 0 Å². The van der Waals surface area contributed by atoms with Crippen molar-refractivity contribution >= 4 is 22.6 Å². The second kappa shape index (κ2) is 8.39. The summed E-state index contributed by atoms with van der Waals surface area (Å²) in [6.07, 6.45) is -0.0790. The molecule has 1 amide bonds. The molecule has 29 heavy (non-hydrogen) atoms. The monoisotopic (exact) mass is 395 g/mol. The summed E-state index contributed by atoms with van der Waals surface area (Å²) in [5.74, 6) is 0.960. The molecule has 0 bridgehead atoms. The topological polar surface area (TPSA) is 77.8 Å². The van der Waals surface area contributed by atoms with Gasteiger partial charge >= 0.3 is 5.63 Å². The molecular weight excluding hydrogens is 370 g/mol. The molecule has 0 radical (unpaired) electrons. The fourth-order valence-electron chi connectivity index (χ4n) is 3.29. The summed E-state index contributed by atoms with van der Waals surface area (Å²) in [6, 6.07) is 11.2. The van der Waals surface area contributed by atoms with Crippen LogP contribution in [0.5, 0.6) is 11.5 Å². The van der Waals surface area contributed by atoms with Crippen LogP contribution in [-0.4, -0.2) is 20.1 Å². The molecule has 2 aromatic carbocycles. The number of methoxy groups -OCH3 is 2. The van der Waals surface area contributed by atoms with Gasteiger partial charge in [-0.25, -0.2) is 4.79 Å². The highest BCUT2D eigenvalue weighted by Crippen LogP contribution is 2.36. The summed E-state index contributed by atoms with van der Waals surface area (Å²) in [6.45, 7) is 6.02. The van der Waals surface area contributed by atoms with Gasteiger partial charge in [-0.05, 0) is 48.2 Å². The van der Waals surface area contributed by atoms with Gasteiger partial charge in [-0.15, -0.1) is 0 Å².